The summed E-state index contributed by atoms with van der Waals surface area (Å²) in [4.78, 5) is 13.7. The third-order valence-corrected chi connectivity index (χ3v) is 4.91. The molecule has 66 valence electrons. The molecular weight excluding hydrogens is 170 g/mol. The molecule has 3 aliphatic rings. The molecule has 1 amide bonds. The standard InChI is InChI=1S/C9H13NOS/c1-8(2)5-10-6(11)9(3-4-9)7(10)12-8/h7H,3-5H2,1-2H3. The van der Waals surface area contributed by atoms with Crippen LogP contribution in [0.2, 0.25) is 0 Å². The first-order valence-electron chi connectivity index (χ1n) is 4.54. The van der Waals surface area contributed by atoms with Crippen LogP contribution in [-0.2, 0) is 4.79 Å². The molecular formula is C9H13NOS. The molecule has 2 nitrogen and oxygen atoms in total. The van der Waals surface area contributed by atoms with Gasteiger partial charge in [-0.2, -0.15) is 0 Å². The monoisotopic (exact) mass is 183 g/mol. The molecule has 0 radical (unpaired) electrons. The van der Waals surface area contributed by atoms with Crippen LogP contribution in [0.5, 0.6) is 0 Å². The minimum atomic E-state index is 0.137. The molecule has 3 heteroatoms. The lowest BCUT2D eigenvalue weighted by molar-refractivity contribution is -0.152. The van der Waals surface area contributed by atoms with Crippen LogP contribution < -0.4 is 0 Å². The summed E-state index contributed by atoms with van der Waals surface area (Å²) in [5, 5.41) is 0.542. The van der Waals surface area contributed by atoms with E-state index in [0.29, 0.717) is 16.0 Å². The van der Waals surface area contributed by atoms with Crippen LogP contribution in [0.4, 0.5) is 0 Å². The van der Waals surface area contributed by atoms with Crippen molar-refractivity contribution in [3.05, 3.63) is 0 Å². The molecule has 0 bridgehead atoms. The molecule has 1 spiro atoms. The molecule has 2 aliphatic heterocycles. The van der Waals surface area contributed by atoms with Gasteiger partial charge < -0.3 is 4.90 Å². The van der Waals surface area contributed by atoms with Gasteiger partial charge in [0, 0.05) is 11.3 Å². The van der Waals surface area contributed by atoms with E-state index >= 15 is 0 Å². The van der Waals surface area contributed by atoms with Crippen LogP contribution in [0.1, 0.15) is 26.7 Å². The number of hydrogen-bond donors (Lipinski definition) is 0. The molecule has 12 heavy (non-hydrogen) atoms. The number of carbonyl (C=O) groups is 1. The fraction of sp³-hybridized carbons (Fsp3) is 0.889. The summed E-state index contributed by atoms with van der Waals surface area (Å²) in [6.07, 6.45) is 2.30. The summed E-state index contributed by atoms with van der Waals surface area (Å²) < 4.78 is 0.298. The van der Waals surface area contributed by atoms with Crippen molar-refractivity contribution in [1.82, 2.24) is 4.90 Å². The number of nitrogens with zero attached hydrogens (tertiary/aromatic N) is 1. The number of fused-ring (bicyclic) bond motifs is 2. The maximum atomic E-state index is 11.6. The summed E-state index contributed by atoms with van der Waals surface area (Å²) in [6, 6.07) is 0. The highest BCUT2D eigenvalue weighted by Gasteiger charge is 2.71. The topological polar surface area (TPSA) is 20.3 Å². The molecule has 2 saturated heterocycles. The van der Waals surface area contributed by atoms with Gasteiger partial charge in [-0.1, -0.05) is 0 Å². The second-order valence-electron chi connectivity index (χ2n) is 4.82. The van der Waals surface area contributed by atoms with Crippen molar-refractivity contribution < 1.29 is 4.79 Å². The Morgan fingerprint density at radius 3 is 2.75 bits per heavy atom. The summed E-state index contributed by atoms with van der Waals surface area (Å²) in [6.45, 7) is 5.43. The molecule has 0 N–H and O–H groups in total. The first kappa shape index (κ1) is 7.25. The minimum Gasteiger partial charge on any atom is -0.328 e. The number of thioether (sulfide) groups is 1. The summed E-state index contributed by atoms with van der Waals surface area (Å²) >= 11 is 2.00. The van der Waals surface area contributed by atoms with E-state index < -0.39 is 0 Å². The van der Waals surface area contributed by atoms with Gasteiger partial charge in [-0.25, -0.2) is 0 Å². The molecule has 1 aliphatic carbocycles. The molecule has 0 aromatic heterocycles. The van der Waals surface area contributed by atoms with Crippen LogP contribution >= 0.6 is 11.8 Å². The van der Waals surface area contributed by atoms with E-state index in [1.807, 2.05) is 11.8 Å². The van der Waals surface area contributed by atoms with E-state index in [1.165, 1.54) is 0 Å². The zero-order chi connectivity index (χ0) is 8.56. The van der Waals surface area contributed by atoms with Crippen molar-refractivity contribution in [2.24, 2.45) is 5.41 Å². The Morgan fingerprint density at radius 2 is 2.17 bits per heavy atom. The van der Waals surface area contributed by atoms with Gasteiger partial charge in [-0.05, 0) is 26.7 Å². The van der Waals surface area contributed by atoms with Gasteiger partial charge in [0.15, 0.2) is 0 Å². The van der Waals surface area contributed by atoms with Crippen LogP contribution in [0.15, 0.2) is 0 Å². The molecule has 1 atom stereocenters. The van der Waals surface area contributed by atoms with Crippen LogP contribution in [0, 0.1) is 5.41 Å². The van der Waals surface area contributed by atoms with E-state index in [9.17, 15) is 4.79 Å². The van der Waals surface area contributed by atoms with Crippen molar-refractivity contribution in [2.45, 2.75) is 36.8 Å². The highest BCUT2D eigenvalue weighted by atomic mass is 32.2. The van der Waals surface area contributed by atoms with Gasteiger partial charge in [0.05, 0.1) is 10.8 Å². The van der Waals surface area contributed by atoms with Crippen molar-refractivity contribution >= 4 is 17.7 Å². The molecule has 3 fully saturated rings. The minimum absolute atomic E-state index is 0.137. The van der Waals surface area contributed by atoms with Gasteiger partial charge in [0.25, 0.3) is 0 Å². The Morgan fingerprint density at radius 1 is 1.50 bits per heavy atom. The van der Waals surface area contributed by atoms with Gasteiger partial charge in [0.2, 0.25) is 5.91 Å². The summed E-state index contributed by atoms with van der Waals surface area (Å²) in [5.41, 5.74) is 0.137. The van der Waals surface area contributed by atoms with E-state index in [4.69, 9.17) is 0 Å². The highest BCUT2D eigenvalue weighted by Crippen LogP contribution is 2.66. The van der Waals surface area contributed by atoms with E-state index in [1.54, 1.807) is 0 Å². The quantitative estimate of drug-likeness (QED) is 0.530. The van der Waals surface area contributed by atoms with Crippen molar-refractivity contribution in [3.8, 4) is 0 Å². The van der Waals surface area contributed by atoms with Gasteiger partial charge in [0.1, 0.15) is 0 Å². The van der Waals surface area contributed by atoms with E-state index in [2.05, 4.69) is 18.7 Å². The molecule has 3 rings (SSSR count). The fourth-order valence-corrected chi connectivity index (χ4v) is 4.08. The Balaban J connectivity index is 1.91. The van der Waals surface area contributed by atoms with Crippen molar-refractivity contribution in [3.63, 3.8) is 0 Å². The zero-order valence-electron chi connectivity index (χ0n) is 7.46. The Hall–Kier alpha value is -0.180. The highest BCUT2D eigenvalue weighted by molar-refractivity contribution is 8.01. The van der Waals surface area contributed by atoms with E-state index in [0.717, 1.165) is 19.4 Å². The van der Waals surface area contributed by atoms with Crippen LogP contribution in [-0.4, -0.2) is 27.5 Å². The van der Waals surface area contributed by atoms with Crippen LogP contribution in [0.3, 0.4) is 0 Å². The smallest absolute Gasteiger partial charge is 0.232 e. The average molecular weight is 183 g/mol. The number of carbonyl (C=O) groups excluding carboxylic acids is 1. The largest absolute Gasteiger partial charge is 0.328 e. The first-order chi connectivity index (χ1) is 5.55. The maximum absolute atomic E-state index is 11.6. The second kappa shape index (κ2) is 1.69. The van der Waals surface area contributed by atoms with Crippen molar-refractivity contribution in [2.75, 3.05) is 6.54 Å². The normalized spacial score (nSPS) is 39.7. The van der Waals surface area contributed by atoms with E-state index in [-0.39, 0.29) is 5.41 Å². The molecule has 1 saturated carbocycles. The predicted octanol–water partition coefficient (Wildman–Crippen LogP) is 1.46. The third kappa shape index (κ3) is 0.630. The van der Waals surface area contributed by atoms with Gasteiger partial charge in [-0.3, -0.25) is 4.79 Å². The number of hydrogen-bond acceptors (Lipinski definition) is 2. The maximum Gasteiger partial charge on any atom is 0.232 e. The lowest BCUT2D eigenvalue weighted by atomic mass is 9.94. The zero-order valence-corrected chi connectivity index (χ0v) is 8.28. The lowest BCUT2D eigenvalue weighted by Gasteiger charge is -2.42. The third-order valence-electron chi connectivity index (χ3n) is 3.21. The van der Waals surface area contributed by atoms with Gasteiger partial charge >= 0.3 is 0 Å². The number of rotatable bonds is 0. The predicted molar refractivity (Wildman–Crippen MR) is 48.8 cm³/mol. The lowest BCUT2D eigenvalue weighted by Crippen LogP contribution is -2.58. The van der Waals surface area contributed by atoms with Crippen LogP contribution in [0.25, 0.3) is 0 Å². The Bertz CT molecular complexity index is 270. The molecule has 0 aromatic carbocycles. The summed E-state index contributed by atoms with van der Waals surface area (Å²) in [7, 11) is 0. The first-order valence-corrected chi connectivity index (χ1v) is 5.42. The Kier molecular flexibility index (Phi) is 1.02. The fourth-order valence-electron chi connectivity index (χ4n) is 2.41. The Labute approximate surface area is 76.7 Å². The second-order valence-corrected chi connectivity index (χ2v) is 6.61. The average Bonchev–Trinajstić information content (AvgIpc) is 2.74. The number of β-lactam (4-membered cyclic amide) rings is 1. The van der Waals surface area contributed by atoms with Crippen molar-refractivity contribution in [1.29, 1.82) is 0 Å². The summed E-state index contributed by atoms with van der Waals surface area (Å²) in [5.74, 6) is 0.436. The molecule has 2 heterocycles. The van der Waals surface area contributed by atoms with Gasteiger partial charge in [-0.15, -0.1) is 11.8 Å². The number of amides is 1. The SMILES string of the molecule is CC1(C)CN2C(=O)C3(CC3)C2S1. The molecule has 0 aromatic rings. The molecule has 1 unspecified atom stereocenters.